The van der Waals surface area contributed by atoms with Crippen molar-refractivity contribution in [1.82, 2.24) is 0 Å². The van der Waals surface area contributed by atoms with Gasteiger partial charge < -0.3 is 10.4 Å². The first-order valence-corrected chi connectivity index (χ1v) is 7.10. The van der Waals surface area contributed by atoms with Gasteiger partial charge in [-0.2, -0.15) is 0 Å². The normalized spacial score (nSPS) is 12.9. The van der Waals surface area contributed by atoms with Crippen molar-refractivity contribution >= 4 is 5.69 Å². The van der Waals surface area contributed by atoms with E-state index >= 15 is 0 Å². The maximum atomic E-state index is 10.3. The van der Waals surface area contributed by atoms with E-state index in [1.54, 1.807) is 0 Å². The Bertz CT molecular complexity index is 507. The number of aliphatic hydroxyl groups excluding tert-OH is 1. The number of rotatable bonds is 6. The second-order valence-corrected chi connectivity index (χ2v) is 5.92. The molecule has 0 aliphatic heterocycles. The van der Waals surface area contributed by atoms with Gasteiger partial charge in [0.2, 0.25) is 0 Å². The minimum absolute atomic E-state index is 0.143. The number of para-hydroxylation sites is 1. The summed E-state index contributed by atoms with van der Waals surface area (Å²) in [4.78, 5) is 0. The smallest absolute Gasteiger partial charge is 0.0602 e. The number of benzene rings is 2. The standard InChI is InChI=1S/C18H23NO/c1-18(2,19-16-11-7-4-8-12-16)14-17(20)13-15-9-5-3-6-10-15/h3-12,17,19-20H,13-14H2,1-2H3. The van der Waals surface area contributed by atoms with E-state index < -0.39 is 0 Å². The molecule has 0 aliphatic rings. The van der Waals surface area contributed by atoms with Crippen molar-refractivity contribution in [3.8, 4) is 0 Å². The highest BCUT2D eigenvalue weighted by Crippen LogP contribution is 2.21. The molecule has 2 rings (SSSR count). The summed E-state index contributed by atoms with van der Waals surface area (Å²) in [6, 6.07) is 20.3. The van der Waals surface area contributed by atoms with Crippen LogP contribution in [0.1, 0.15) is 25.8 Å². The monoisotopic (exact) mass is 269 g/mol. The second-order valence-electron chi connectivity index (χ2n) is 5.92. The molecule has 0 radical (unpaired) electrons. The quantitative estimate of drug-likeness (QED) is 0.834. The Morgan fingerprint density at radius 1 is 0.950 bits per heavy atom. The molecule has 106 valence electrons. The van der Waals surface area contributed by atoms with Gasteiger partial charge in [0.05, 0.1) is 6.10 Å². The van der Waals surface area contributed by atoms with Gasteiger partial charge in [-0.05, 0) is 44.4 Å². The molecular formula is C18H23NO. The molecule has 20 heavy (non-hydrogen) atoms. The molecule has 1 unspecified atom stereocenters. The lowest BCUT2D eigenvalue weighted by Crippen LogP contribution is -2.35. The molecule has 0 amide bonds. The fraction of sp³-hybridized carbons (Fsp3) is 0.333. The lowest BCUT2D eigenvalue weighted by Gasteiger charge is -2.30. The van der Waals surface area contributed by atoms with Gasteiger partial charge in [-0.3, -0.25) is 0 Å². The maximum Gasteiger partial charge on any atom is 0.0602 e. The minimum Gasteiger partial charge on any atom is -0.393 e. The lowest BCUT2D eigenvalue weighted by atomic mass is 9.93. The van der Waals surface area contributed by atoms with Crippen LogP contribution in [-0.2, 0) is 6.42 Å². The van der Waals surface area contributed by atoms with Crippen molar-refractivity contribution < 1.29 is 5.11 Å². The average Bonchev–Trinajstić information content (AvgIpc) is 2.39. The van der Waals surface area contributed by atoms with E-state index in [1.807, 2.05) is 48.5 Å². The van der Waals surface area contributed by atoms with Crippen molar-refractivity contribution in [2.24, 2.45) is 0 Å². The Labute approximate surface area is 121 Å². The zero-order chi connectivity index (χ0) is 14.4. The molecule has 0 fully saturated rings. The molecular weight excluding hydrogens is 246 g/mol. The van der Waals surface area contributed by atoms with E-state index in [0.717, 1.165) is 5.69 Å². The first kappa shape index (κ1) is 14.6. The maximum absolute atomic E-state index is 10.3. The van der Waals surface area contributed by atoms with E-state index in [2.05, 4.69) is 31.3 Å². The Hall–Kier alpha value is -1.80. The van der Waals surface area contributed by atoms with Crippen LogP contribution in [0.3, 0.4) is 0 Å². The Morgan fingerprint density at radius 2 is 1.50 bits per heavy atom. The first-order chi connectivity index (χ1) is 9.55. The van der Waals surface area contributed by atoms with E-state index in [0.29, 0.717) is 12.8 Å². The summed E-state index contributed by atoms with van der Waals surface area (Å²) in [6.07, 6.45) is 1.06. The summed E-state index contributed by atoms with van der Waals surface area (Å²) < 4.78 is 0. The van der Waals surface area contributed by atoms with Crippen molar-refractivity contribution in [3.63, 3.8) is 0 Å². The van der Waals surface area contributed by atoms with Gasteiger partial charge in [-0.15, -0.1) is 0 Å². The van der Waals surface area contributed by atoms with Crippen molar-refractivity contribution in [1.29, 1.82) is 0 Å². The van der Waals surface area contributed by atoms with Crippen LogP contribution in [0.2, 0.25) is 0 Å². The largest absolute Gasteiger partial charge is 0.393 e. The second kappa shape index (κ2) is 6.58. The summed E-state index contributed by atoms with van der Waals surface area (Å²) in [6.45, 7) is 4.24. The van der Waals surface area contributed by atoms with Crippen LogP contribution in [0, 0.1) is 0 Å². The van der Waals surface area contributed by atoms with Crippen LogP contribution in [0.5, 0.6) is 0 Å². The van der Waals surface area contributed by atoms with E-state index in [-0.39, 0.29) is 11.6 Å². The number of hydrogen-bond donors (Lipinski definition) is 2. The van der Waals surface area contributed by atoms with E-state index in [9.17, 15) is 5.11 Å². The van der Waals surface area contributed by atoms with Gasteiger partial charge in [0.15, 0.2) is 0 Å². The van der Waals surface area contributed by atoms with Crippen LogP contribution in [-0.4, -0.2) is 16.7 Å². The van der Waals surface area contributed by atoms with Gasteiger partial charge in [0, 0.05) is 11.2 Å². The van der Waals surface area contributed by atoms with Crippen molar-refractivity contribution in [2.45, 2.75) is 38.3 Å². The molecule has 0 heterocycles. The van der Waals surface area contributed by atoms with Gasteiger partial charge in [-0.1, -0.05) is 48.5 Å². The SMILES string of the molecule is CC(C)(CC(O)Cc1ccccc1)Nc1ccccc1. The zero-order valence-electron chi connectivity index (χ0n) is 12.2. The number of hydrogen-bond acceptors (Lipinski definition) is 2. The molecule has 0 saturated carbocycles. The first-order valence-electron chi connectivity index (χ1n) is 7.10. The van der Waals surface area contributed by atoms with Crippen molar-refractivity contribution in [2.75, 3.05) is 5.32 Å². The number of aliphatic hydroxyl groups is 1. The average molecular weight is 269 g/mol. The summed E-state index contributed by atoms with van der Waals surface area (Å²) in [5, 5.41) is 13.8. The predicted molar refractivity (Wildman–Crippen MR) is 84.9 cm³/mol. The van der Waals surface area contributed by atoms with Crippen LogP contribution < -0.4 is 5.32 Å². The number of anilines is 1. The number of nitrogens with one attached hydrogen (secondary N) is 1. The Balaban J connectivity index is 1.90. The fourth-order valence-corrected chi connectivity index (χ4v) is 2.51. The molecule has 0 aliphatic carbocycles. The minimum atomic E-state index is -0.344. The summed E-state index contributed by atoms with van der Waals surface area (Å²) >= 11 is 0. The molecule has 2 nitrogen and oxygen atoms in total. The van der Waals surface area contributed by atoms with Crippen LogP contribution >= 0.6 is 0 Å². The third-order valence-corrected chi connectivity index (χ3v) is 3.32. The van der Waals surface area contributed by atoms with Gasteiger partial charge >= 0.3 is 0 Å². The van der Waals surface area contributed by atoms with Gasteiger partial charge in [-0.25, -0.2) is 0 Å². The Kier molecular flexibility index (Phi) is 4.80. The Morgan fingerprint density at radius 3 is 2.10 bits per heavy atom. The van der Waals surface area contributed by atoms with Crippen LogP contribution in [0.4, 0.5) is 5.69 Å². The van der Waals surface area contributed by atoms with Crippen LogP contribution in [0.15, 0.2) is 60.7 Å². The highest BCUT2D eigenvalue weighted by Gasteiger charge is 2.22. The summed E-state index contributed by atoms with van der Waals surface area (Å²) in [5.41, 5.74) is 2.12. The highest BCUT2D eigenvalue weighted by molar-refractivity contribution is 5.44. The molecule has 0 aromatic heterocycles. The molecule has 2 N–H and O–H groups in total. The molecule has 0 spiro atoms. The zero-order valence-corrected chi connectivity index (χ0v) is 12.2. The molecule has 1 atom stereocenters. The van der Waals surface area contributed by atoms with Gasteiger partial charge in [0.1, 0.15) is 0 Å². The van der Waals surface area contributed by atoms with E-state index in [4.69, 9.17) is 0 Å². The molecule has 2 aromatic carbocycles. The highest BCUT2D eigenvalue weighted by atomic mass is 16.3. The van der Waals surface area contributed by atoms with Crippen LogP contribution in [0.25, 0.3) is 0 Å². The topological polar surface area (TPSA) is 32.3 Å². The van der Waals surface area contributed by atoms with Crippen molar-refractivity contribution in [3.05, 3.63) is 66.2 Å². The fourth-order valence-electron chi connectivity index (χ4n) is 2.51. The lowest BCUT2D eigenvalue weighted by molar-refractivity contribution is 0.145. The summed E-state index contributed by atoms with van der Waals surface area (Å²) in [5.74, 6) is 0. The summed E-state index contributed by atoms with van der Waals surface area (Å²) in [7, 11) is 0. The molecule has 0 bridgehead atoms. The molecule has 2 aromatic rings. The van der Waals surface area contributed by atoms with E-state index in [1.165, 1.54) is 5.56 Å². The van der Waals surface area contributed by atoms with Gasteiger partial charge in [0.25, 0.3) is 0 Å². The molecule has 0 saturated heterocycles. The third-order valence-electron chi connectivity index (χ3n) is 3.32. The predicted octanol–water partition coefficient (Wildman–Crippen LogP) is 3.87. The molecule has 2 heteroatoms. The third kappa shape index (κ3) is 4.71.